The fourth-order valence-electron chi connectivity index (χ4n) is 1.87. The Hall–Kier alpha value is -0.650. The first-order valence-corrected chi connectivity index (χ1v) is 6.00. The smallest absolute Gasteiger partial charge is 0.320 e. The average Bonchev–Trinajstić information content (AvgIpc) is 2.26. The number of carboxylic acid groups (broad SMARTS) is 1. The molecule has 0 aliphatic carbocycles. The van der Waals surface area contributed by atoms with Crippen molar-refractivity contribution < 1.29 is 9.90 Å². The number of nitrogens with one attached hydrogen (secondary N) is 1. The molecule has 0 aromatic carbocycles. The molecule has 0 radical (unpaired) electrons. The van der Waals surface area contributed by atoms with E-state index in [4.69, 9.17) is 5.11 Å². The van der Waals surface area contributed by atoms with E-state index in [0.717, 1.165) is 39.3 Å². The molecular weight excluding hydrogens is 206 g/mol. The van der Waals surface area contributed by atoms with Crippen molar-refractivity contribution in [2.75, 3.05) is 46.3 Å². The van der Waals surface area contributed by atoms with Gasteiger partial charge in [-0.2, -0.15) is 0 Å². The summed E-state index contributed by atoms with van der Waals surface area (Å²) in [5, 5.41) is 11.9. The molecule has 5 heteroatoms. The second-order valence-electron chi connectivity index (χ2n) is 4.40. The van der Waals surface area contributed by atoms with Crippen LogP contribution in [0.2, 0.25) is 0 Å². The highest BCUT2D eigenvalue weighted by molar-refractivity contribution is 5.73. The van der Waals surface area contributed by atoms with Gasteiger partial charge < -0.3 is 15.3 Å². The van der Waals surface area contributed by atoms with Crippen LogP contribution in [0.4, 0.5) is 0 Å². The van der Waals surface area contributed by atoms with E-state index in [-0.39, 0.29) is 0 Å². The van der Waals surface area contributed by atoms with E-state index in [9.17, 15) is 4.79 Å². The minimum absolute atomic E-state index is 0.396. The maximum atomic E-state index is 10.8. The molecule has 0 saturated carbocycles. The predicted molar refractivity (Wildman–Crippen MR) is 63.7 cm³/mol. The highest BCUT2D eigenvalue weighted by Crippen LogP contribution is 1.98. The Morgan fingerprint density at radius 1 is 1.38 bits per heavy atom. The van der Waals surface area contributed by atoms with Gasteiger partial charge in [0.05, 0.1) is 0 Å². The Labute approximate surface area is 97.4 Å². The molecule has 1 saturated heterocycles. The molecule has 0 aromatic rings. The van der Waals surface area contributed by atoms with E-state index in [1.165, 1.54) is 0 Å². The molecule has 1 fully saturated rings. The Morgan fingerprint density at radius 2 is 2.00 bits per heavy atom. The van der Waals surface area contributed by atoms with Gasteiger partial charge >= 0.3 is 5.97 Å². The summed E-state index contributed by atoms with van der Waals surface area (Å²) in [5.74, 6) is -0.749. The van der Waals surface area contributed by atoms with Crippen LogP contribution in [0.5, 0.6) is 0 Å². The SMILES string of the molecule is CCC(NCCN1CCN(C)CC1)C(=O)O. The van der Waals surface area contributed by atoms with Gasteiger partial charge in [-0.15, -0.1) is 0 Å². The van der Waals surface area contributed by atoms with Gasteiger partial charge in [-0.1, -0.05) is 6.92 Å². The molecule has 5 nitrogen and oxygen atoms in total. The minimum atomic E-state index is -0.749. The summed E-state index contributed by atoms with van der Waals surface area (Å²) >= 11 is 0. The number of nitrogens with zero attached hydrogens (tertiary/aromatic N) is 2. The first-order valence-electron chi connectivity index (χ1n) is 6.00. The second kappa shape index (κ2) is 6.83. The van der Waals surface area contributed by atoms with Crippen molar-refractivity contribution in [2.45, 2.75) is 19.4 Å². The Balaban J connectivity index is 2.12. The molecule has 0 bridgehead atoms. The van der Waals surface area contributed by atoms with Crippen molar-refractivity contribution in [1.82, 2.24) is 15.1 Å². The first kappa shape index (κ1) is 13.4. The molecule has 1 heterocycles. The average molecular weight is 229 g/mol. The zero-order valence-corrected chi connectivity index (χ0v) is 10.3. The van der Waals surface area contributed by atoms with Gasteiger partial charge in [0.2, 0.25) is 0 Å². The monoisotopic (exact) mass is 229 g/mol. The Kier molecular flexibility index (Phi) is 5.73. The maximum absolute atomic E-state index is 10.8. The number of hydrogen-bond donors (Lipinski definition) is 2. The third kappa shape index (κ3) is 4.47. The maximum Gasteiger partial charge on any atom is 0.320 e. The van der Waals surface area contributed by atoms with Gasteiger partial charge in [0.15, 0.2) is 0 Å². The molecule has 1 rings (SSSR count). The molecule has 1 unspecified atom stereocenters. The standard InChI is InChI=1S/C11H23N3O2/c1-3-10(11(15)16)12-4-5-14-8-6-13(2)7-9-14/h10,12H,3-9H2,1-2H3,(H,15,16). The summed E-state index contributed by atoms with van der Waals surface area (Å²) in [4.78, 5) is 15.5. The zero-order valence-electron chi connectivity index (χ0n) is 10.3. The minimum Gasteiger partial charge on any atom is -0.480 e. The molecule has 1 atom stereocenters. The fraction of sp³-hybridized carbons (Fsp3) is 0.909. The Morgan fingerprint density at radius 3 is 2.50 bits per heavy atom. The molecule has 0 spiro atoms. The summed E-state index contributed by atoms with van der Waals surface area (Å²) in [6, 6.07) is -0.396. The summed E-state index contributed by atoms with van der Waals surface area (Å²) in [6.45, 7) is 7.98. The highest BCUT2D eigenvalue weighted by atomic mass is 16.4. The lowest BCUT2D eigenvalue weighted by Crippen LogP contribution is -2.48. The lowest BCUT2D eigenvalue weighted by atomic mass is 10.2. The molecule has 16 heavy (non-hydrogen) atoms. The van der Waals surface area contributed by atoms with E-state index in [1.807, 2.05) is 6.92 Å². The summed E-state index contributed by atoms with van der Waals surface area (Å²) in [7, 11) is 2.13. The van der Waals surface area contributed by atoms with E-state index in [1.54, 1.807) is 0 Å². The largest absolute Gasteiger partial charge is 0.480 e. The number of rotatable bonds is 6. The van der Waals surface area contributed by atoms with Crippen LogP contribution in [0.3, 0.4) is 0 Å². The molecule has 94 valence electrons. The zero-order chi connectivity index (χ0) is 12.0. The summed E-state index contributed by atoms with van der Waals surface area (Å²) in [6.07, 6.45) is 0.637. The van der Waals surface area contributed by atoms with Gasteiger partial charge in [0.1, 0.15) is 6.04 Å². The fourth-order valence-corrected chi connectivity index (χ4v) is 1.87. The number of carboxylic acids is 1. The van der Waals surface area contributed by atoms with Gasteiger partial charge in [-0.3, -0.25) is 9.69 Å². The van der Waals surface area contributed by atoms with Crippen LogP contribution in [0, 0.1) is 0 Å². The normalized spacial score (nSPS) is 20.9. The van der Waals surface area contributed by atoms with E-state index in [2.05, 4.69) is 22.2 Å². The van der Waals surface area contributed by atoms with Crippen molar-refractivity contribution in [3.05, 3.63) is 0 Å². The van der Waals surface area contributed by atoms with Crippen molar-refractivity contribution in [1.29, 1.82) is 0 Å². The van der Waals surface area contributed by atoms with Gasteiger partial charge in [-0.05, 0) is 13.5 Å². The quantitative estimate of drug-likeness (QED) is 0.654. The summed E-state index contributed by atoms with van der Waals surface area (Å²) < 4.78 is 0. The topological polar surface area (TPSA) is 55.8 Å². The second-order valence-corrected chi connectivity index (χ2v) is 4.40. The van der Waals surface area contributed by atoms with Crippen LogP contribution >= 0.6 is 0 Å². The van der Waals surface area contributed by atoms with Crippen LogP contribution in [-0.4, -0.2) is 73.2 Å². The van der Waals surface area contributed by atoms with Crippen molar-refractivity contribution in [3.63, 3.8) is 0 Å². The van der Waals surface area contributed by atoms with Crippen molar-refractivity contribution in [2.24, 2.45) is 0 Å². The predicted octanol–water partition coefficient (Wildman–Crippen LogP) is -0.313. The van der Waals surface area contributed by atoms with E-state index < -0.39 is 12.0 Å². The van der Waals surface area contributed by atoms with E-state index in [0.29, 0.717) is 6.42 Å². The number of aliphatic carboxylic acids is 1. The molecule has 0 amide bonds. The lowest BCUT2D eigenvalue weighted by molar-refractivity contribution is -0.139. The van der Waals surface area contributed by atoms with Crippen LogP contribution in [0.25, 0.3) is 0 Å². The van der Waals surface area contributed by atoms with E-state index >= 15 is 0 Å². The Bertz CT molecular complexity index is 215. The first-order chi connectivity index (χ1) is 7.63. The number of likely N-dealkylation sites (N-methyl/N-ethyl adjacent to an activating group) is 1. The van der Waals surface area contributed by atoms with Crippen LogP contribution in [0.1, 0.15) is 13.3 Å². The lowest BCUT2D eigenvalue weighted by Gasteiger charge is -2.32. The molecule has 1 aliphatic rings. The van der Waals surface area contributed by atoms with Crippen LogP contribution in [-0.2, 0) is 4.79 Å². The summed E-state index contributed by atoms with van der Waals surface area (Å²) in [5.41, 5.74) is 0. The van der Waals surface area contributed by atoms with Crippen LogP contribution in [0.15, 0.2) is 0 Å². The van der Waals surface area contributed by atoms with Crippen molar-refractivity contribution in [3.8, 4) is 0 Å². The van der Waals surface area contributed by atoms with Gasteiger partial charge in [-0.25, -0.2) is 0 Å². The number of hydrogen-bond acceptors (Lipinski definition) is 4. The highest BCUT2D eigenvalue weighted by Gasteiger charge is 2.16. The molecule has 2 N–H and O–H groups in total. The molecule has 0 aromatic heterocycles. The molecular formula is C11H23N3O2. The molecule has 1 aliphatic heterocycles. The third-order valence-corrected chi connectivity index (χ3v) is 3.12. The van der Waals surface area contributed by atoms with Crippen LogP contribution < -0.4 is 5.32 Å². The third-order valence-electron chi connectivity index (χ3n) is 3.12. The van der Waals surface area contributed by atoms with Gasteiger partial charge in [0, 0.05) is 39.3 Å². The number of carbonyl (C=O) groups is 1. The number of piperazine rings is 1. The van der Waals surface area contributed by atoms with Crippen molar-refractivity contribution >= 4 is 5.97 Å². The van der Waals surface area contributed by atoms with Gasteiger partial charge in [0.25, 0.3) is 0 Å².